The van der Waals surface area contributed by atoms with Gasteiger partial charge in [0, 0.05) is 19.6 Å². The molecule has 7 heteroatoms. The van der Waals surface area contributed by atoms with E-state index in [2.05, 4.69) is 15.3 Å². The lowest BCUT2D eigenvalue weighted by Gasteiger charge is -2.11. The van der Waals surface area contributed by atoms with Crippen LogP contribution in [-0.2, 0) is 4.74 Å². The average molecular weight is 281 g/mol. The fraction of sp³-hybridized carbons (Fsp3) is 0.615. The van der Waals surface area contributed by atoms with Crippen LogP contribution in [0.4, 0.5) is 0 Å². The van der Waals surface area contributed by atoms with E-state index in [0.29, 0.717) is 17.4 Å². The van der Waals surface area contributed by atoms with Gasteiger partial charge in [-0.05, 0) is 19.8 Å². The lowest BCUT2D eigenvalue weighted by Crippen LogP contribution is -2.37. The van der Waals surface area contributed by atoms with Crippen LogP contribution in [-0.4, -0.2) is 47.3 Å². The number of aliphatic hydroxyl groups excluding tert-OH is 1. The van der Waals surface area contributed by atoms with E-state index in [1.807, 2.05) is 0 Å². The summed E-state index contributed by atoms with van der Waals surface area (Å²) in [4.78, 5) is 30.9. The number of nitrogens with one attached hydrogen (secondary N) is 2. The molecule has 1 atom stereocenters. The molecule has 1 heterocycles. The summed E-state index contributed by atoms with van der Waals surface area (Å²) in [6.45, 7) is 1.78. The van der Waals surface area contributed by atoms with Crippen molar-refractivity contribution in [3.8, 4) is 0 Å². The Kier molecular flexibility index (Phi) is 4.51. The van der Waals surface area contributed by atoms with E-state index in [4.69, 9.17) is 4.74 Å². The lowest BCUT2D eigenvalue weighted by molar-refractivity contribution is 0.0609. The largest absolute Gasteiger partial charge is 0.389 e. The van der Waals surface area contributed by atoms with Gasteiger partial charge in [0.15, 0.2) is 0 Å². The summed E-state index contributed by atoms with van der Waals surface area (Å²) in [6, 6.07) is 0. The second kappa shape index (κ2) is 6.15. The van der Waals surface area contributed by atoms with Gasteiger partial charge in [-0.3, -0.25) is 9.59 Å². The van der Waals surface area contributed by atoms with Gasteiger partial charge < -0.3 is 20.1 Å². The number of aryl methyl sites for hydroxylation is 1. The Morgan fingerprint density at radius 1 is 1.60 bits per heavy atom. The molecule has 1 saturated carbocycles. The molecule has 1 aromatic rings. The molecule has 20 heavy (non-hydrogen) atoms. The minimum atomic E-state index is -0.804. The molecular weight excluding hydrogens is 262 g/mol. The van der Waals surface area contributed by atoms with Crippen LogP contribution in [0.5, 0.6) is 0 Å². The zero-order valence-corrected chi connectivity index (χ0v) is 11.6. The predicted molar refractivity (Wildman–Crippen MR) is 71.8 cm³/mol. The average Bonchev–Trinajstić information content (AvgIpc) is 3.20. The third-order valence-electron chi connectivity index (χ3n) is 3.17. The van der Waals surface area contributed by atoms with E-state index >= 15 is 0 Å². The van der Waals surface area contributed by atoms with Crippen molar-refractivity contribution in [2.45, 2.75) is 31.8 Å². The van der Waals surface area contributed by atoms with E-state index < -0.39 is 17.6 Å². The first-order chi connectivity index (χ1) is 9.52. The number of nitrogens with zero attached hydrogens (tertiary/aromatic N) is 1. The van der Waals surface area contributed by atoms with Gasteiger partial charge in [-0.1, -0.05) is 0 Å². The van der Waals surface area contributed by atoms with Gasteiger partial charge in [-0.25, -0.2) is 4.98 Å². The number of ether oxygens (including phenoxy) is 1. The van der Waals surface area contributed by atoms with E-state index in [1.165, 1.54) is 7.11 Å². The molecular formula is C13H19N3O4. The van der Waals surface area contributed by atoms with Crippen LogP contribution >= 0.6 is 0 Å². The van der Waals surface area contributed by atoms with Crippen LogP contribution in [0.2, 0.25) is 0 Å². The van der Waals surface area contributed by atoms with Crippen molar-refractivity contribution in [2.75, 3.05) is 20.3 Å². The summed E-state index contributed by atoms with van der Waals surface area (Å²) in [5.41, 5.74) is -0.0217. The highest BCUT2D eigenvalue weighted by molar-refractivity contribution is 5.94. The Morgan fingerprint density at radius 2 is 2.30 bits per heavy atom. The molecule has 1 aliphatic rings. The number of carbonyl (C=O) groups excluding carboxylic acids is 1. The molecule has 0 aliphatic heterocycles. The zero-order valence-electron chi connectivity index (χ0n) is 11.6. The van der Waals surface area contributed by atoms with E-state index in [9.17, 15) is 14.7 Å². The summed E-state index contributed by atoms with van der Waals surface area (Å²) in [5.74, 6) is 0.444. The number of amides is 1. The van der Waals surface area contributed by atoms with Crippen molar-refractivity contribution in [3.05, 3.63) is 27.4 Å². The number of carbonyl (C=O) groups is 1. The van der Waals surface area contributed by atoms with Crippen molar-refractivity contribution in [1.29, 1.82) is 0 Å². The molecule has 1 aromatic heterocycles. The molecule has 0 bridgehead atoms. The minimum absolute atomic E-state index is 0.000910. The maximum atomic E-state index is 12.0. The van der Waals surface area contributed by atoms with Crippen LogP contribution < -0.4 is 10.9 Å². The molecule has 110 valence electrons. The van der Waals surface area contributed by atoms with Gasteiger partial charge in [0.2, 0.25) is 0 Å². The summed E-state index contributed by atoms with van der Waals surface area (Å²) in [6.07, 6.45) is 1.25. The topological polar surface area (TPSA) is 104 Å². The van der Waals surface area contributed by atoms with E-state index in [1.54, 1.807) is 6.92 Å². The summed E-state index contributed by atoms with van der Waals surface area (Å²) < 4.78 is 4.76. The highest BCUT2D eigenvalue weighted by atomic mass is 16.5. The highest BCUT2D eigenvalue weighted by Gasteiger charge is 2.28. The van der Waals surface area contributed by atoms with E-state index in [0.717, 1.165) is 12.8 Å². The second-order valence-corrected chi connectivity index (χ2v) is 5.01. The molecule has 0 spiro atoms. The maximum absolute atomic E-state index is 12.0. The fourth-order valence-electron chi connectivity index (χ4n) is 1.98. The molecule has 0 radical (unpaired) electrons. The van der Waals surface area contributed by atoms with Crippen LogP contribution in [0.15, 0.2) is 4.79 Å². The van der Waals surface area contributed by atoms with Gasteiger partial charge in [0.25, 0.3) is 11.5 Å². The van der Waals surface area contributed by atoms with Crippen molar-refractivity contribution in [2.24, 2.45) is 0 Å². The minimum Gasteiger partial charge on any atom is -0.389 e. The summed E-state index contributed by atoms with van der Waals surface area (Å²) in [5, 5.41) is 12.0. The number of H-pyrrole nitrogens is 1. The molecule has 0 aromatic carbocycles. The molecule has 1 amide bonds. The van der Waals surface area contributed by atoms with Gasteiger partial charge >= 0.3 is 0 Å². The Morgan fingerprint density at radius 3 is 2.85 bits per heavy atom. The number of methoxy groups -OCH3 is 1. The van der Waals surface area contributed by atoms with Crippen LogP contribution in [0.25, 0.3) is 0 Å². The van der Waals surface area contributed by atoms with Crippen molar-refractivity contribution >= 4 is 5.91 Å². The van der Waals surface area contributed by atoms with Gasteiger partial charge in [0.05, 0.1) is 18.4 Å². The number of aromatic amines is 1. The number of aliphatic hydroxyl groups is 1. The summed E-state index contributed by atoms with van der Waals surface area (Å²) >= 11 is 0. The number of hydrogen-bond donors (Lipinski definition) is 3. The molecule has 2 rings (SSSR count). The predicted octanol–water partition coefficient (Wildman–Crippen LogP) is -0.307. The quantitative estimate of drug-likeness (QED) is 0.663. The van der Waals surface area contributed by atoms with Crippen LogP contribution in [0.1, 0.15) is 40.6 Å². The molecule has 7 nitrogen and oxygen atoms in total. The smallest absolute Gasteiger partial charge is 0.264 e. The Bertz CT molecular complexity index is 551. The first-order valence-corrected chi connectivity index (χ1v) is 6.59. The Hall–Kier alpha value is -1.73. The number of aromatic nitrogens is 2. The Balaban J connectivity index is 2.07. The van der Waals surface area contributed by atoms with Crippen LogP contribution in [0.3, 0.4) is 0 Å². The lowest BCUT2D eigenvalue weighted by atomic mass is 10.2. The van der Waals surface area contributed by atoms with Crippen LogP contribution in [0, 0.1) is 6.92 Å². The van der Waals surface area contributed by atoms with E-state index in [-0.39, 0.29) is 18.7 Å². The monoisotopic (exact) mass is 281 g/mol. The van der Waals surface area contributed by atoms with Gasteiger partial charge in [0.1, 0.15) is 11.4 Å². The SMILES string of the molecule is COCC(O)CNC(=O)c1c(C)nc(C2CC2)[nH]c1=O. The second-order valence-electron chi connectivity index (χ2n) is 5.01. The molecule has 1 aliphatic carbocycles. The number of rotatable bonds is 6. The maximum Gasteiger partial charge on any atom is 0.264 e. The zero-order chi connectivity index (χ0) is 14.7. The Labute approximate surface area is 116 Å². The summed E-state index contributed by atoms with van der Waals surface area (Å²) in [7, 11) is 1.46. The van der Waals surface area contributed by atoms with Crippen molar-refractivity contribution in [1.82, 2.24) is 15.3 Å². The highest BCUT2D eigenvalue weighted by Crippen LogP contribution is 2.37. The molecule has 1 unspecified atom stereocenters. The fourth-order valence-corrected chi connectivity index (χ4v) is 1.98. The van der Waals surface area contributed by atoms with Crippen molar-refractivity contribution < 1.29 is 14.6 Å². The van der Waals surface area contributed by atoms with Crippen molar-refractivity contribution in [3.63, 3.8) is 0 Å². The molecule has 3 N–H and O–H groups in total. The molecule has 0 saturated heterocycles. The first-order valence-electron chi connectivity index (χ1n) is 6.59. The first kappa shape index (κ1) is 14.7. The molecule has 1 fully saturated rings. The van der Waals surface area contributed by atoms with Gasteiger partial charge in [-0.15, -0.1) is 0 Å². The standard InChI is InChI=1S/C13H19N3O4/c1-7-10(12(18)14-5-9(17)6-20-2)13(19)16-11(15-7)8-3-4-8/h8-9,17H,3-6H2,1-2H3,(H,14,18)(H,15,16,19). The normalized spacial score (nSPS) is 15.9. The third-order valence-corrected chi connectivity index (χ3v) is 3.17. The number of hydrogen-bond acceptors (Lipinski definition) is 5. The third kappa shape index (κ3) is 3.43. The van der Waals surface area contributed by atoms with Gasteiger partial charge in [-0.2, -0.15) is 0 Å².